The summed E-state index contributed by atoms with van der Waals surface area (Å²) in [5.41, 5.74) is -0.643. The molecule has 1 heterocycles. The molecule has 0 bridgehead atoms. The maximum Gasteiger partial charge on any atom is 0.414 e. The van der Waals surface area contributed by atoms with E-state index in [4.69, 9.17) is 9.47 Å². The van der Waals surface area contributed by atoms with Gasteiger partial charge in [-0.2, -0.15) is 0 Å². The van der Waals surface area contributed by atoms with E-state index in [1.807, 2.05) is 0 Å². The highest BCUT2D eigenvalue weighted by Gasteiger charge is 2.33. The molecule has 1 atom stereocenters. The van der Waals surface area contributed by atoms with Crippen molar-refractivity contribution in [1.82, 2.24) is 5.32 Å². The molecular weight excluding hydrogens is 386 g/mol. The summed E-state index contributed by atoms with van der Waals surface area (Å²) < 4.78 is 39.5. The van der Waals surface area contributed by atoms with Crippen LogP contribution in [0.15, 0.2) is 41.2 Å². The summed E-state index contributed by atoms with van der Waals surface area (Å²) in [6, 6.07) is 7.18. The van der Waals surface area contributed by atoms with Crippen LogP contribution in [0.3, 0.4) is 0 Å². The Bertz CT molecular complexity index is 1000. The summed E-state index contributed by atoms with van der Waals surface area (Å²) in [5, 5.41) is 2.52. The number of carbonyl (C=O) groups excluding carboxylic acids is 2. The van der Waals surface area contributed by atoms with Crippen LogP contribution in [-0.4, -0.2) is 38.3 Å². The molecule has 152 valence electrons. The molecule has 1 fully saturated rings. The standard InChI is InChI=1S/C20H18F2N2O5/c1-11(25)23-9-14-10-24(20(27)29-14)13-7-15(21)19(16(22)8-13)12-3-5-17(26)18(28-2)6-4-12/h3-8,14H,9-10H2,1-2H3,(H,23,25). The van der Waals surface area contributed by atoms with Crippen LogP contribution >= 0.6 is 0 Å². The zero-order valence-corrected chi connectivity index (χ0v) is 15.7. The first kappa shape index (κ1) is 20.2. The number of hydrogen-bond donors (Lipinski definition) is 1. The van der Waals surface area contributed by atoms with Crippen LogP contribution < -0.4 is 20.4 Å². The van der Waals surface area contributed by atoms with Gasteiger partial charge in [-0.05, 0) is 29.8 Å². The molecule has 1 saturated heterocycles. The second kappa shape index (κ2) is 8.26. The normalized spacial score (nSPS) is 15.8. The van der Waals surface area contributed by atoms with Gasteiger partial charge in [-0.25, -0.2) is 13.6 Å². The van der Waals surface area contributed by atoms with Gasteiger partial charge in [0.05, 0.1) is 31.5 Å². The Labute approximate surface area is 164 Å². The lowest BCUT2D eigenvalue weighted by atomic mass is 10.1. The molecule has 1 aliphatic heterocycles. The fraction of sp³-hybridized carbons (Fsp3) is 0.250. The third-order valence-electron chi connectivity index (χ3n) is 4.37. The van der Waals surface area contributed by atoms with Crippen molar-refractivity contribution in [2.24, 2.45) is 0 Å². The van der Waals surface area contributed by atoms with Crippen molar-refractivity contribution in [1.29, 1.82) is 0 Å². The van der Waals surface area contributed by atoms with Gasteiger partial charge in [-0.3, -0.25) is 14.5 Å². The van der Waals surface area contributed by atoms with E-state index in [2.05, 4.69) is 5.32 Å². The number of benzene rings is 1. The topological polar surface area (TPSA) is 84.9 Å². The molecule has 0 aliphatic carbocycles. The zero-order valence-electron chi connectivity index (χ0n) is 15.7. The minimum atomic E-state index is -0.907. The first-order valence-corrected chi connectivity index (χ1v) is 8.70. The number of methoxy groups -OCH3 is 1. The van der Waals surface area contributed by atoms with E-state index in [0.29, 0.717) is 0 Å². The van der Waals surface area contributed by atoms with Gasteiger partial charge in [-0.1, -0.05) is 12.1 Å². The van der Waals surface area contributed by atoms with E-state index < -0.39 is 29.3 Å². The molecule has 2 aromatic rings. The second-order valence-corrected chi connectivity index (χ2v) is 6.39. The minimum Gasteiger partial charge on any atom is -0.493 e. The van der Waals surface area contributed by atoms with Crippen molar-refractivity contribution in [2.45, 2.75) is 13.0 Å². The Morgan fingerprint density at radius 3 is 2.48 bits per heavy atom. The first-order valence-electron chi connectivity index (χ1n) is 8.70. The summed E-state index contributed by atoms with van der Waals surface area (Å²) in [4.78, 5) is 35.9. The van der Waals surface area contributed by atoms with Crippen LogP contribution in [0.25, 0.3) is 11.1 Å². The average Bonchev–Trinajstić information content (AvgIpc) is 2.93. The predicted molar refractivity (Wildman–Crippen MR) is 101 cm³/mol. The molecule has 0 saturated carbocycles. The van der Waals surface area contributed by atoms with Gasteiger partial charge in [0.1, 0.15) is 17.7 Å². The fourth-order valence-electron chi connectivity index (χ4n) is 2.97. The van der Waals surface area contributed by atoms with Crippen LogP contribution in [0.1, 0.15) is 6.92 Å². The smallest absolute Gasteiger partial charge is 0.414 e. The first-order chi connectivity index (χ1) is 13.8. The summed E-state index contributed by atoms with van der Waals surface area (Å²) in [7, 11) is 1.32. The molecule has 2 aromatic carbocycles. The van der Waals surface area contributed by atoms with Gasteiger partial charge in [0, 0.05) is 6.92 Å². The molecule has 9 heteroatoms. The van der Waals surface area contributed by atoms with Crippen LogP contribution in [-0.2, 0) is 9.53 Å². The van der Waals surface area contributed by atoms with Gasteiger partial charge in [-0.15, -0.1) is 0 Å². The number of amides is 2. The minimum absolute atomic E-state index is 0.0125. The number of ether oxygens (including phenoxy) is 2. The van der Waals surface area contributed by atoms with Crippen molar-refractivity contribution in [3.8, 4) is 16.9 Å². The number of rotatable bonds is 5. The largest absolute Gasteiger partial charge is 0.493 e. The van der Waals surface area contributed by atoms with Crippen molar-refractivity contribution >= 4 is 17.7 Å². The van der Waals surface area contributed by atoms with Gasteiger partial charge < -0.3 is 14.8 Å². The Morgan fingerprint density at radius 2 is 1.86 bits per heavy atom. The monoisotopic (exact) mass is 404 g/mol. The van der Waals surface area contributed by atoms with Gasteiger partial charge in [0.25, 0.3) is 0 Å². The lowest BCUT2D eigenvalue weighted by Gasteiger charge is -2.15. The molecule has 0 aromatic heterocycles. The number of nitrogens with zero attached hydrogens (tertiary/aromatic N) is 1. The van der Waals surface area contributed by atoms with Gasteiger partial charge >= 0.3 is 6.09 Å². The van der Waals surface area contributed by atoms with E-state index in [1.54, 1.807) is 0 Å². The second-order valence-electron chi connectivity index (χ2n) is 6.39. The number of anilines is 1. The number of halogens is 2. The third-order valence-corrected chi connectivity index (χ3v) is 4.37. The maximum absolute atomic E-state index is 14.7. The summed E-state index contributed by atoms with van der Waals surface area (Å²) in [5.74, 6) is -2.06. The van der Waals surface area contributed by atoms with E-state index >= 15 is 0 Å². The SMILES string of the molecule is COc1ccc(-c2c(F)cc(N3CC(CNC(C)=O)OC3=O)cc2F)ccc1=O. The zero-order chi connectivity index (χ0) is 21.1. The highest BCUT2D eigenvalue weighted by atomic mass is 19.1. The van der Waals surface area contributed by atoms with Crippen molar-refractivity contribution < 1.29 is 27.8 Å². The van der Waals surface area contributed by atoms with Crippen molar-refractivity contribution in [3.63, 3.8) is 0 Å². The predicted octanol–water partition coefficient (Wildman–Crippen LogP) is 2.46. The van der Waals surface area contributed by atoms with Gasteiger partial charge in [0.2, 0.25) is 11.3 Å². The number of hydrogen-bond acceptors (Lipinski definition) is 5. The fourth-order valence-corrected chi connectivity index (χ4v) is 2.97. The Morgan fingerprint density at radius 1 is 1.21 bits per heavy atom. The number of nitrogens with one attached hydrogen (secondary N) is 1. The van der Waals surface area contributed by atoms with E-state index in [9.17, 15) is 23.2 Å². The molecular formula is C20H18F2N2O5. The van der Waals surface area contributed by atoms with Gasteiger partial charge in [0.15, 0.2) is 5.75 Å². The lowest BCUT2D eigenvalue weighted by molar-refractivity contribution is -0.119. The van der Waals surface area contributed by atoms with Crippen molar-refractivity contribution in [3.05, 3.63) is 58.3 Å². The Kier molecular flexibility index (Phi) is 5.76. The molecule has 0 spiro atoms. The number of cyclic esters (lactones) is 1. The summed E-state index contributed by atoms with van der Waals surface area (Å²) >= 11 is 0. The molecule has 1 N–H and O–H groups in total. The van der Waals surface area contributed by atoms with E-state index in [1.165, 1.54) is 32.2 Å². The van der Waals surface area contributed by atoms with Crippen molar-refractivity contribution in [2.75, 3.05) is 25.1 Å². The highest BCUT2D eigenvalue weighted by Crippen LogP contribution is 2.31. The average molecular weight is 404 g/mol. The highest BCUT2D eigenvalue weighted by molar-refractivity contribution is 5.90. The van der Waals surface area contributed by atoms with Crippen LogP contribution in [0.5, 0.6) is 5.75 Å². The molecule has 29 heavy (non-hydrogen) atoms. The van der Waals surface area contributed by atoms with Crippen LogP contribution in [0.4, 0.5) is 19.3 Å². The number of carbonyl (C=O) groups is 2. The summed E-state index contributed by atoms with van der Waals surface area (Å²) in [6.07, 6.45) is -1.40. The van der Waals surface area contributed by atoms with E-state index in [-0.39, 0.29) is 41.6 Å². The summed E-state index contributed by atoms with van der Waals surface area (Å²) in [6.45, 7) is 1.46. The molecule has 2 amide bonds. The third kappa shape index (κ3) is 4.34. The molecule has 1 aliphatic rings. The van der Waals surface area contributed by atoms with Crippen LogP contribution in [0.2, 0.25) is 0 Å². The molecule has 0 radical (unpaired) electrons. The Hall–Kier alpha value is -3.49. The van der Waals surface area contributed by atoms with E-state index in [0.717, 1.165) is 23.1 Å². The van der Waals surface area contributed by atoms with Crippen LogP contribution in [0, 0.1) is 11.6 Å². The molecule has 3 rings (SSSR count). The Balaban J connectivity index is 1.91. The lowest BCUT2D eigenvalue weighted by Crippen LogP contribution is -2.33. The molecule has 7 nitrogen and oxygen atoms in total. The maximum atomic E-state index is 14.7. The quantitative estimate of drug-likeness (QED) is 0.828. The molecule has 1 unspecified atom stereocenters.